The Morgan fingerprint density at radius 3 is 2.43 bits per heavy atom. The number of halogens is 3. The highest BCUT2D eigenvalue weighted by Crippen LogP contribution is 2.33. The van der Waals surface area contributed by atoms with Crippen molar-refractivity contribution in [3.63, 3.8) is 0 Å². The molecule has 2 rings (SSSR count). The van der Waals surface area contributed by atoms with Crippen molar-refractivity contribution in [2.24, 2.45) is 0 Å². The Balaban J connectivity index is 2.09. The molecule has 1 aliphatic heterocycles. The summed E-state index contributed by atoms with van der Waals surface area (Å²) in [5.74, 6) is -3.16. The van der Waals surface area contributed by atoms with E-state index >= 15 is 0 Å². The smallest absolute Gasteiger partial charge is 0.471 e. The van der Waals surface area contributed by atoms with Crippen molar-refractivity contribution in [2.45, 2.75) is 12.1 Å². The second kappa shape index (κ2) is 5.59. The largest absolute Gasteiger partial charge is 0.478 e. The molecular formula is C14H12F3NO3. The van der Waals surface area contributed by atoms with Crippen LogP contribution in [0.4, 0.5) is 13.2 Å². The number of benzene rings is 1. The molecule has 0 spiro atoms. The Labute approximate surface area is 118 Å². The minimum atomic E-state index is -4.85. The van der Waals surface area contributed by atoms with Gasteiger partial charge in [0.1, 0.15) is 0 Å². The van der Waals surface area contributed by atoms with Crippen LogP contribution in [0.15, 0.2) is 30.3 Å². The maximum Gasteiger partial charge on any atom is 0.471 e. The monoisotopic (exact) mass is 299 g/mol. The van der Waals surface area contributed by atoms with E-state index in [9.17, 15) is 22.8 Å². The standard InChI is InChI=1S/C14H12F3NO3/c15-14(16,17)13(21)18-7-10(8-18)11-4-2-1-3-9(11)5-6-12(19)20/h1-6,10H,7-8H2,(H,19,20)/b6-5+. The number of carboxylic acids is 1. The molecule has 1 N–H and O–H groups in total. The molecule has 1 heterocycles. The molecule has 0 bridgehead atoms. The minimum absolute atomic E-state index is 0.0176. The van der Waals surface area contributed by atoms with Gasteiger partial charge in [0.15, 0.2) is 0 Å². The van der Waals surface area contributed by atoms with E-state index in [4.69, 9.17) is 5.11 Å². The van der Waals surface area contributed by atoms with Crippen LogP contribution in [0, 0.1) is 0 Å². The van der Waals surface area contributed by atoms with Gasteiger partial charge >= 0.3 is 18.1 Å². The van der Waals surface area contributed by atoms with Crippen LogP contribution in [0.3, 0.4) is 0 Å². The van der Waals surface area contributed by atoms with Gasteiger partial charge in [0.05, 0.1) is 0 Å². The summed E-state index contributed by atoms with van der Waals surface area (Å²) in [6.45, 7) is -0.0352. The molecule has 1 aromatic carbocycles. The van der Waals surface area contributed by atoms with Gasteiger partial charge in [0.25, 0.3) is 0 Å². The molecular weight excluding hydrogens is 287 g/mol. The quantitative estimate of drug-likeness (QED) is 0.871. The first-order valence-electron chi connectivity index (χ1n) is 6.15. The third-order valence-electron chi connectivity index (χ3n) is 3.25. The lowest BCUT2D eigenvalue weighted by molar-refractivity contribution is -0.189. The molecule has 0 aliphatic carbocycles. The van der Waals surface area contributed by atoms with Crippen LogP contribution < -0.4 is 0 Å². The normalized spacial score (nSPS) is 16.0. The number of hydrogen-bond acceptors (Lipinski definition) is 2. The molecule has 0 unspecified atom stereocenters. The van der Waals surface area contributed by atoms with Gasteiger partial charge in [-0.2, -0.15) is 13.2 Å². The number of likely N-dealkylation sites (tertiary alicyclic amines) is 1. The van der Waals surface area contributed by atoms with Crippen molar-refractivity contribution in [3.8, 4) is 0 Å². The van der Waals surface area contributed by atoms with E-state index in [2.05, 4.69) is 0 Å². The summed E-state index contributed by atoms with van der Waals surface area (Å²) in [7, 11) is 0. The Bertz CT molecular complexity index is 589. The Hall–Kier alpha value is -2.31. The highest BCUT2D eigenvalue weighted by atomic mass is 19.4. The number of carbonyl (C=O) groups excluding carboxylic acids is 1. The second-order valence-electron chi connectivity index (χ2n) is 4.71. The fourth-order valence-corrected chi connectivity index (χ4v) is 2.22. The van der Waals surface area contributed by atoms with Gasteiger partial charge in [-0.1, -0.05) is 24.3 Å². The lowest BCUT2D eigenvalue weighted by Gasteiger charge is -2.40. The molecule has 4 nitrogen and oxygen atoms in total. The average molecular weight is 299 g/mol. The van der Waals surface area contributed by atoms with E-state index in [1.807, 2.05) is 0 Å². The zero-order valence-corrected chi connectivity index (χ0v) is 10.8. The zero-order valence-electron chi connectivity index (χ0n) is 10.8. The predicted molar refractivity (Wildman–Crippen MR) is 68.5 cm³/mol. The first-order chi connectivity index (χ1) is 9.79. The lowest BCUT2D eigenvalue weighted by atomic mass is 9.87. The molecule has 1 aliphatic rings. The SMILES string of the molecule is O=C(O)/C=C/c1ccccc1C1CN(C(=O)C(F)(F)F)C1. The molecule has 1 fully saturated rings. The Morgan fingerprint density at radius 2 is 1.86 bits per heavy atom. The van der Waals surface area contributed by atoms with Crippen molar-refractivity contribution < 1.29 is 27.9 Å². The number of aliphatic carboxylic acids is 1. The maximum atomic E-state index is 12.3. The average Bonchev–Trinajstić information content (AvgIpc) is 2.34. The number of alkyl halides is 3. The van der Waals surface area contributed by atoms with Crippen molar-refractivity contribution in [2.75, 3.05) is 13.1 Å². The molecule has 1 saturated heterocycles. The van der Waals surface area contributed by atoms with Crippen LogP contribution in [-0.4, -0.2) is 41.1 Å². The summed E-state index contributed by atoms with van der Waals surface area (Å²) in [4.78, 5) is 22.3. The lowest BCUT2D eigenvalue weighted by Crippen LogP contribution is -2.53. The second-order valence-corrected chi connectivity index (χ2v) is 4.71. The van der Waals surface area contributed by atoms with Gasteiger partial charge in [-0.3, -0.25) is 4.79 Å². The fraction of sp³-hybridized carbons (Fsp3) is 0.286. The number of carbonyl (C=O) groups is 2. The highest BCUT2D eigenvalue weighted by Gasteiger charge is 2.46. The molecule has 7 heteroatoms. The van der Waals surface area contributed by atoms with Gasteiger partial charge in [-0.25, -0.2) is 4.79 Å². The van der Waals surface area contributed by atoms with E-state index in [0.29, 0.717) is 5.56 Å². The molecule has 112 valence electrons. The maximum absolute atomic E-state index is 12.3. The summed E-state index contributed by atoms with van der Waals surface area (Å²) in [6.07, 6.45) is -2.49. The molecule has 21 heavy (non-hydrogen) atoms. The van der Waals surface area contributed by atoms with Crippen molar-refractivity contribution in [1.82, 2.24) is 4.90 Å². The first-order valence-corrected chi connectivity index (χ1v) is 6.15. The third kappa shape index (κ3) is 3.42. The summed E-state index contributed by atoms with van der Waals surface area (Å²) in [6, 6.07) is 6.84. The Kier molecular flexibility index (Phi) is 4.02. The van der Waals surface area contributed by atoms with Crippen molar-refractivity contribution >= 4 is 18.0 Å². The fourth-order valence-electron chi connectivity index (χ4n) is 2.22. The third-order valence-corrected chi connectivity index (χ3v) is 3.25. The van der Waals surface area contributed by atoms with Crippen LogP contribution in [0.25, 0.3) is 6.08 Å². The minimum Gasteiger partial charge on any atom is -0.478 e. The van der Waals surface area contributed by atoms with Gasteiger partial charge in [-0.05, 0) is 17.2 Å². The Morgan fingerprint density at radius 1 is 1.24 bits per heavy atom. The van der Waals surface area contributed by atoms with E-state index in [1.54, 1.807) is 24.3 Å². The molecule has 1 amide bonds. The summed E-state index contributed by atoms with van der Waals surface area (Å²) < 4.78 is 36.8. The molecule has 0 radical (unpaired) electrons. The van der Waals surface area contributed by atoms with Gasteiger partial charge in [0, 0.05) is 25.1 Å². The zero-order chi connectivity index (χ0) is 15.6. The number of nitrogens with zero attached hydrogens (tertiary/aromatic N) is 1. The van der Waals surface area contributed by atoms with Crippen LogP contribution >= 0.6 is 0 Å². The van der Waals surface area contributed by atoms with Gasteiger partial charge < -0.3 is 10.0 Å². The predicted octanol–water partition coefficient (Wildman–Crippen LogP) is 2.27. The van der Waals surface area contributed by atoms with E-state index in [1.165, 1.54) is 6.08 Å². The van der Waals surface area contributed by atoms with Crippen molar-refractivity contribution in [1.29, 1.82) is 0 Å². The number of hydrogen-bond donors (Lipinski definition) is 1. The number of rotatable bonds is 3. The van der Waals surface area contributed by atoms with Crippen LogP contribution in [0.1, 0.15) is 17.0 Å². The van der Waals surface area contributed by atoms with E-state index in [-0.39, 0.29) is 19.0 Å². The summed E-state index contributed by atoms with van der Waals surface area (Å²) in [5, 5.41) is 8.62. The topological polar surface area (TPSA) is 57.6 Å². The molecule has 0 aromatic heterocycles. The first kappa shape index (κ1) is 15.1. The van der Waals surface area contributed by atoms with Crippen LogP contribution in [0.2, 0.25) is 0 Å². The summed E-state index contributed by atoms with van der Waals surface area (Å²) in [5.41, 5.74) is 1.37. The highest BCUT2D eigenvalue weighted by molar-refractivity contribution is 5.86. The van der Waals surface area contributed by atoms with Crippen LogP contribution in [0.5, 0.6) is 0 Å². The molecule has 1 aromatic rings. The summed E-state index contributed by atoms with van der Waals surface area (Å²) >= 11 is 0. The molecule has 0 atom stereocenters. The van der Waals surface area contributed by atoms with Crippen LogP contribution in [-0.2, 0) is 9.59 Å². The van der Waals surface area contributed by atoms with E-state index < -0.39 is 18.1 Å². The number of amides is 1. The van der Waals surface area contributed by atoms with Gasteiger partial charge in [-0.15, -0.1) is 0 Å². The molecule has 0 saturated carbocycles. The van der Waals surface area contributed by atoms with Crippen molar-refractivity contribution in [3.05, 3.63) is 41.5 Å². The number of carboxylic acid groups (broad SMARTS) is 1. The van der Waals surface area contributed by atoms with E-state index in [0.717, 1.165) is 16.5 Å². The van der Waals surface area contributed by atoms with Gasteiger partial charge in [0.2, 0.25) is 0 Å².